The number of nitrogens with one attached hydrogen (secondary N) is 1. The van der Waals surface area contributed by atoms with Crippen LogP contribution in [0.4, 0.5) is 5.69 Å². The third kappa shape index (κ3) is 3.34. The van der Waals surface area contributed by atoms with E-state index in [1.807, 2.05) is 18.2 Å². The number of nitrogens with zero attached hydrogens (tertiary/aromatic N) is 2. The van der Waals surface area contributed by atoms with Crippen molar-refractivity contribution in [2.75, 3.05) is 11.9 Å². The summed E-state index contributed by atoms with van der Waals surface area (Å²) in [6, 6.07) is 12.1. The first-order chi connectivity index (χ1) is 13.5. The summed E-state index contributed by atoms with van der Waals surface area (Å²) in [5.74, 6) is -0.300. The zero-order chi connectivity index (χ0) is 19.7. The zero-order valence-electron chi connectivity index (χ0n) is 15.3. The Morgan fingerprint density at radius 1 is 1.11 bits per heavy atom. The highest BCUT2D eigenvalue weighted by atomic mass is 16.3. The first kappa shape index (κ1) is 17.8. The van der Waals surface area contributed by atoms with Crippen molar-refractivity contribution in [1.29, 1.82) is 0 Å². The van der Waals surface area contributed by atoms with Crippen LogP contribution in [0.15, 0.2) is 64.1 Å². The van der Waals surface area contributed by atoms with Gasteiger partial charge >= 0.3 is 0 Å². The predicted molar refractivity (Wildman–Crippen MR) is 103 cm³/mol. The summed E-state index contributed by atoms with van der Waals surface area (Å²) in [6.07, 6.45) is 3.81. The number of carbonyl (C=O) groups excluding carboxylic acids is 2. The van der Waals surface area contributed by atoms with E-state index in [-0.39, 0.29) is 17.0 Å². The van der Waals surface area contributed by atoms with Crippen LogP contribution in [0.5, 0.6) is 0 Å². The van der Waals surface area contributed by atoms with Crippen LogP contribution in [-0.2, 0) is 20.0 Å². The number of carbonyl (C=O) groups is 2. The van der Waals surface area contributed by atoms with Crippen molar-refractivity contribution in [1.82, 2.24) is 9.47 Å². The minimum atomic E-state index is -0.458. The van der Waals surface area contributed by atoms with Crippen LogP contribution in [0.1, 0.15) is 32.0 Å². The quantitative estimate of drug-likeness (QED) is 0.760. The van der Waals surface area contributed by atoms with Gasteiger partial charge in [-0.2, -0.15) is 0 Å². The molecule has 1 aliphatic rings. The summed E-state index contributed by atoms with van der Waals surface area (Å²) in [5.41, 5.74) is 2.41. The summed E-state index contributed by atoms with van der Waals surface area (Å²) >= 11 is 0. The average Bonchev–Trinajstić information content (AvgIpc) is 3.23. The van der Waals surface area contributed by atoms with Gasteiger partial charge < -0.3 is 19.2 Å². The highest BCUT2D eigenvalue weighted by Gasteiger charge is 2.24. The van der Waals surface area contributed by atoms with Gasteiger partial charge in [0.2, 0.25) is 0 Å². The molecule has 1 N–H and O–H groups in total. The molecular weight excluding hydrogens is 358 g/mol. The molecule has 0 radical (unpaired) electrons. The molecule has 0 bridgehead atoms. The number of amides is 2. The maximum atomic E-state index is 12.5. The topological polar surface area (TPSA) is 84.6 Å². The molecule has 3 aromatic rings. The third-order valence-corrected chi connectivity index (χ3v) is 4.86. The minimum absolute atomic E-state index is 0.0809. The van der Waals surface area contributed by atoms with Crippen molar-refractivity contribution in [3.05, 3.63) is 87.7 Å². The number of anilines is 1. The molecule has 7 heteroatoms. The fourth-order valence-electron chi connectivity index (χ4n) is 3.33. The molecule has 0 saturated carbocycles. The van der Waals surface area contributed by atoms with Crippen LogP contribution in [0.25, 0.3) is 0 Å². The largest absolute Gasteiger partial charge is 0.459 e. The Hall–Kier alpha value is -3.61. The summed E-state index contributed by atoms with van der Waals surface area (Å²) in [4.78, 5) is 38.8. The number of hydrogen-bond acceptors (Lipinski definition) is 4. The van der Waals surface area contributed by atoms with E-state index < -0.39 is 5.91 Å². The van der Waals surface area contributed by atoms with Gasteiger partial charge in [-0.05, 0) is 53.9 Å². The molecule has 0 atom stereocenters. The Morgan fingerprint density at radius 3 is 2.75 bits per heavy atom. The monoisotopic (exact) mass is 377 g/mol. The number of benzene rings is 1. The summed E-state index contributed by atoms with van der Waals surface area (Å²) < 4.78 is 6.56. The lowest BCUT2D eigenvalue weighted by molar-refractivity contribution is 0.0702. The number of hydrogen-bond donors (Lipinski definition) is 1. The normalized spacial score (nSPS) is 13.1. The average molecular weight is 377 g/mol. The summed E-state index contributed by atoms with van der Waals surface area (Å²) in [5, 5.41) is 2.77. The highest BCUT2D eigenvalue weighted by molar-refractivity contribution is 6.04. The smallest absolute Gasteiger partial charge is 0.289 e. The molecule has 0 aliphatic carbocycles. The maximum absolute atomic E-state index is 12.5. The van der Waals surface area contributed by atoms with Crippen LogP contribution in [0, 0.1) is 0 Å². The van der Waals surface area contributed by atoms with Gasteiger partial charge in [0.25, 0.3) is 17.4 Å². The fourth-order valence-corrected chi connectivity index (χ4v) is 3.33. The van der Waals surface area contributed by atoms with Crippen LogP contribution < -0.4 is 10.9 Å². The van der Waals surface area contributed by atoms with E-state index in [1.165, 1.54) is 16.9 Å². The van der Waals surface area contributed by atoms with Crippen LogP contribution in [0.2, 0.25) is 0 Å². The number of aromatic nitrogens is 1. The van der Waals surface area contributed by atoms with Gasteiger partial charge in [-0.15, -0.1) is 0 Å². The maximum Gasteiger partial charge on any atom is 0.289 e. The van der Waals surface area contributed by atoms with Crippen molar-refractivity contribution in [2.24, 2.45) is 7.05 Å². The van der Waals surface area contributed by atoms with Crippen molar-refractivity contribution in [3.8, 4) is 0 Å². The van der Waals surface area contributed by atoms with Crippen LogP contribution >= 0.6 is 0 Å². The van der Waals surface area contributed by atoms with Crippen molar-refractivity contribution >= 4 is 17.5 Å². The van der Waals surface area contributed by atoms with E-state index in [1.54, 1.807) is 36.3 Å². The first-order valence-corrected chi connectivity index (χ1v) is 8.94. The SMILES string of the molecule is Cn1cccc(C(=O)Nc2ccc3c(c2)CN(C(=O)c2ccco2)CC3)c1=O. The predicted octanol–water partition coefficient (Wildman–Crippen LogP) is 2.43. The summed E-state index contributed by atoms with van der Waals surface area (Å²) in [6.45, 7) is 1.05. The van der Waals surface area contributed by atoms with Gasteiger partial charge in [0.15, 0.2) is 5.76 Å². The molecule has 28 heavy (non-hydrogen) atoms. The lowest BCUT2D eigenvalue weighted by atomic mass is 9.98. The van der Waals surface area contributed by atoms with Crippen molar-refractivity contribution in [3.63, 3.8) is 0 Å². The molecule has 0 unspecified atom stereocenters. The second-order valence-corrected chi connectivity index (χ2v) is 6.73. The Balaban J connectivity index is 1.53. The molecule has 4 rings (SSSR count). The standard InChI is InChI=1S/C21H19N3O4/c1-23-9-2-4-17(20(23)26)19(25)22-16-7-6-14-8-10-24(13-15(14)12-16)21(27)18-5-3-11-28-18/h2-7,9,11-12H,8,10,13H2,1H3,(H,22,25). The van der Waals surface area contributed by atoms with Gasteiger partial charge in [-0.3, -0.25) is 14.4 Å². The van der Waals surface area contributed by atoms with Gasteiger partial charge in [-0.25, -0.2) is 0 Å². The summed E-state index contributed by atoms with van der Waals surface area (Å²) in [7, 11) is 1.60. The van der Waals surface area contributed by atoms with Gasteiger partial charge in [0.1, 0.15) is 5.56 Å². The number of aryl methyl sites for hydroxylation is 1. The third-order valence-electron chi connectivity index (χ3n) is 4.86. The lowest BCUT2D eigenvalue weighted by Gasteiger charge is -2.28. The fraction of sp³-hybridized carbons (Fsp3) is 0.190. The van der Waals surface area contributed by atoms with E-state index in [4.69, 9.17) is 4.42 Å². The van der Waals surface area contributed by atoms with E-state index in [0.717, 1.165) is 17.5 Å². The van der Waals surface area contributed by atoms with Crippen molar-refractivity contribution in [2.45, 2.75) is 13.0 Å². The molecule has 142 valence electrons. The molecule has 7 nitrogen and oxygen atoms in total. The first-order valence-electron chi connectivity index (χ1n) is 8.94. The molecule has 2 aromatic heterocycles. The zero-order valence-corrected chi connectivity index (χ0v) is 15.3. The molecule has 2 amide bonds. The molecular formula is C21H19N3O4. The molecule has 1 aliphatic heterocycles. The molecule has 0 saturated heterocycles. The van der Waals surface area contributed by atoms with E-state index >= 15 is 0 Å². The molecule has 3 heterocycles. The van der Waals surface area contributed by atoms with E-state index in [9.17, 15) is 14.4 Å². The Bertz CT molecular complexity index is 1100. The molecule has 0 fully saturated rings. The second-order valence-electron chi connectivity index (χ2n) is 6.73. The van der Waals surface area contributed by atoms with Crippen molar-refractivity contribution < 1.29 is 14.0 Å². The molecule has 0 spiro atoms. The van der Waals surface area contributed by atoms with Gasteiger partial charge in [0, 0.05) is 32.0 Å². The molecule has 1 aromatic carbocycles. The number of pyridine rings is 1. The van der Waals surface area contributed by atoms with E-state index in [0.29, 0.717) is 24.5 Å². The van der Waals surface area contributed by atoms with Crippen LogP contribution in [0.3, 0.4) is 0 Å². The minimum Gasteiger partial charge on any atom is -0.459 e. The van der Waals surface area contributed by atoms with Gasteiger partial charge in [0.05, 0.1) is 6.26 Å². The van der Waals surface area contributed by atoms with Gasteiger partial charge in [-0.1, -0.05) is 6.07 Å². The van der Waals surface area contributed by atoms with Crippen LogP contribution in [-0.4, -0.2) is 27.8 Å². The Morgan fingerprint density at radius 2 is 1.96 bits per heavy atom. The van der Waals surface area contributed by atoms with E-state index in [2.05, 4.69) is 5.32 Å². The lowest BCUT2D eigenvalue weighted by Crippen LogP contribution is -2.35. The Labute approximate surface area is 161 Å². The number of rotatable bonds is 3. The Kier molecular flexibility index (Phi) is 4.57. The second kappa shape index (κ2) is 7.19. The number of furan rings is 1. The number of fused-ring (bicyclic) bond motifs is 1. The highest BCUT2D eigenvalue weighted by Crippen LogP contribution is 2.24.